The molecule has 78 valence electrons. The highest BCUT2D eigenvalue weighted by Crippen LogP contribution is 2.34. The van der Waals surface area contributed by atoms with Crippen LogP contribution < -0.4 is 0 Å². The summed E-state index contributed by atoms with van der Waals surface area (Å²) in [5, 5.41) is 0.714. The number of ketones is 1. The molecule has 3 heteroatoms. The summed E-state index contributed by atoms with van der Waals surface area (Å²) in [6.45, 7) is 2.16. The first-order valence-corrected chi connectivity index (χ1v) is 7.08. The molecule has 2 unspecified atom stereocenters. The molecule has 14 heavy (non-hydrogen) atoms. The first kappa shape index (κ1) is 12.0. The quantitative estimate of drug-likeness (QED) is 0.689. The summed E-state index contributed by atoms with van der Waals surface area (Å²) in [6.07, 6.45) is 7.40. The van der Waals surface area contributed by atoms with Gasteiger partial charge in [0.05, 0.1) is 5.25 Å². The van der Waals surface area contributed by atoms with E-state index >= 15 is 0 Å². The van der Waals surface area contributed by atoms with Crippen molar-refractivity contribution in [2.45, 2.75) is 36.7 Å². The third-order valence-corrected chi connectivity index (χ3v) is 5.58. The SMILES string of the molecule is C#CCCC(=O)C1SCCSC1CC. The lowest BCUT2D eigenvalue weighted by atomic mass is 10.1. The van der Waals surface area contributed by atoms with Gasteiger partial charge in [0.1, 0.15) is 5.78 Å². The van der Waals surface area contributed by atoms with E-state index in [1.54, 1.807) is 0 Å². The van der Waals surface area contributed by atoms with Gasteiger partial charge in [-0.1, -0.05) is 6.92 Å². The number of hydrogen-bond donors (Lipinski definition) is 0. The van der Waals surface area contributed by atoms with Gasteiger partial charge in [-0.15, -0.1) is 24.1 Å². The van der Waals surface area contributed by atoms with Crippen molar-refractivity contribution >= 4 is 29.3 Å². The predicted octanol–water partition coefficient (Wildman–Crippen LogP) is 2.60. The third kappa shape index (κ3) is 3.25. The second kappa shape index (κ2) is 6.42. The van der Waals surface area contributed by atoms with Crippen molar-refractivity contribution in [2.75, 3.05) is 11.5 Å². The van der Waals surface area contributed by atoms with E-state index in [4.69, 9.17) is 6.42 Å². The highest BCUT2D eigenvalue weighted by Gasteiger charge is 2.29. The average Bonchev–Trinajstić information content (AvgIpc) is 2.25. The predicted molar refractivity (Wildman–Crippen MR) is 65.9 cm³/mol. The number of terminal acetylenes is 1. The van der Waals surface area contributed by atoms with Crippen molar-refractivity contribution in [3.63, 3.8) is 0 Å². The van der Waals surface area contributed by atoms with Crippen LogP contribution in [0.2, 0.25) is 0 Å². The summed E-state index contributed by atoms with van der Waals surface area (Å²) >= 11 is 3.76. The van der Waals surface area contributed by atoms with E-state index in [1.807, 2.05) is 23.5 Å². The standard InChI is InChI=1S/C11H16OS2/c1-3-5-6-9(12)11-10(4-2)13-7-8-14-11/h1,10-11H,4-8H2,2H3. The molecule has 0 saturated carbocycles. The Morgan fingerprint density at radius 1 is 1.50 bits per heavy atom. The zero-order valence-corrected chi connectivity index (χ0v) is 10.1. The molecule has 0 spiro atoms. The molecule has 2 atom stereocenters. The first-order chi connectivity index (χ1) is 6.79. The Morgan fingerprint density at radius 3 is 2.86 bits per heavy atom. The molecule has 1 saturated heterocycles. The zero-order valence-electron chi connectivity index (χ0n) is 8.49. The maximum Gasteiger partial charge on any atom is 0.147 e. The lowest BCUT2D eigenvalue weighted by Crippen LogP contribution is -2.32. The topological polar surface area (TPSA) is 17.1 Å². The Labute approximate surface area is 94.8 Å². The highest BCUT2D eigenvalue weighted by atomic mass is 32.2. The molecule has 1 heterocycles. The van der Waals surface area contributed by atoms with Gasteiger partial charge in [-0.25, -0.2) is 0 Å². The summed E-state index contributed by atoms with van der Waals surface area (Å²) < 4.78 is 0. The van der Waals surface area contributed by atoms with Gasteiger partial charge >= 0.3 is 0 Å². The van der Waals surface area contributed by atoms with Crippen LogP contribution in [0.3, 0.4) is 0 Å². The molecular formula is C11H16OS2. The Morgan fingerprint density at radius 2 is 2.21 bits per heavy atom. The van der Waals surface area contributed by atoms with Gasteiger partial charge in [0.15, 0.2) is 0 Å². The van der Waals surface area contributed by atoms with E-state index in [9.17, 15) is 4.79 Å². The molecule has 1 nitrogen and oxygen atoms in total. The molecule has 0 radical (unpaired) electrons. The van der Waals surface area contributed by atoms with Crippen LogP contribution in [0.4, 0.5) is 0 Å². The molecule has 0 aromatic heterocycles. The smallest absolute Gasteiger partial charge is 0.147 e. The minimum Gasteiger partial charge on any atom is -0.298 e. The molecular weight excluding hydrogens is 212 g/mol. The Bertz CT molecular complexity index is 232. The summed E-state index contributed by atoms with van der Waals surface area (Å²) in [4.78, 5) is 11.8. The lowest BCUT2D eigenvalue weighted by Gasteiger charge is -2.28. The Kier molecular flexibility index (Phi) is 5.50. The molecule has 0 aliphatic carbocycles. The molecule has 1 aliphatic heterocycles. The van der Waals surface area contributed by atoms with Crippen LogP contribution in [-0.2, 0) is 4.79 Å². The van der Waals surface area contributed by atoms with E-state index in [0.29, 0.717) is 23.9 Å². The van der Waals surface area contributed by atoms with Gasteiger partial charge in [-0.3, -0.25) is 4.79 Å². The summed E-state index contributed by atoms with van der Waals surface area (Å²) in [5.41, 5.74) is 0. The van der Waals surface area contributed by atoms with Gasteiger partial charge in [-0.2, -0.15) is 11.8 Å². The maximum atomic E-state index is 11.8. The number of hydrogen-bond acceptors (Lipinski definition) is 3. The second-order valence-electron chi connectivity index (χ2n) is 3.28. The van der Waals surface area contributed by atoms with Gasteiger partial charge in [0.2, 0.25) is 0 Å². The van der Waals surface area contributed by atoms with Gasteiger partial charge < -0.3 is 0 Å². The van der Waals surface area contributed by atoms with Crippen LogP contribution >= 0.6 is 23.5 Å². The van der Waals surface area contributed by atoms with Crippen LogP contribution in [0.25, 0.3) is 0 Å². The second-order valence-corrected chi connectivity index (χ2v) is 5.88. The zero-order chi connectivity index (χ0) is 10.4. The van der Waals surface area contributed by atoms with E-state index in [0.717, 1.165) is 12.2 Å². The normalized spacial score (nSPS) is 26.9. The van der Waals surface area contributed by atoms with E-state index in [2.05, 4.69) is 12.8 Å². The fourth-order valence-corrected chi connectivity index (χ4v) is 4.61. The third-order valence-electron chi connectivity index (χ3n) is 2.29. The Hall–Kier alpha value is -0.0700. The highest BCUT2D eigenvalue weighted by molar-refractivity contribution is 8.07. The average molecular weight is 228 g/mol. The minimum atomic E-state index is 0.201. The fraction of sp³-hybridized carbons (Fsp3) is 0.727. The van der Waals surface area contributed by atoms with Crippen LogP contribution in [0, 0.1) is 12.3 Å². The van der Waals surface area contributed by atoms with Crippen molar-refractivity contribution in [1.82, 2.24) is 0 Å². The largest absolute Gasteiger partial charge is 0.298 e. The van der Waals surface area contributed by atoms with Crippen LogP contribution in [0.1, 0.15) is 26.2 Å². The molecule has 1 fully saturated rings. The molecule has 0 aromatic carbocycles. The number of carbonyl (C=O) groups excluding carboxylic acids is 1. The lowest BCUT2D eigenvalue weighted by molar-refractivity contribution is -0.118. The first-order valence-electron chi connectivity index (χ1n) is 4.99. The molecule has 0 amide bonds. The maximum absolute atomic E-state index is 11.8. The molecule has 1 aliphatic rings. The van der Waals surface area contributed by atoms with Crippen molar-refractivity contribution in [1.29, 1.82) is 0 Å². The fourth-order valence-electron chi connectivity index (χ4n) is 1.54. The number of carbonyl (C=O) groups is 1. The molecule has 0 N–H and O–H groups in total. The van der Waals surface area contributed by atoms with E-state index in [-0.39, 0.29) is 5.25 Å². The van der Waals surface area contributed by atoms with Crippen molar-refractivity contribution < 1.29 is 4.79 Å². The molecule has 0 aromatic rings. The van der Waals surface area contributed by atoms with Crippen molar-refractivity contribution in [3.05, 3.63) is 0 Å². The van der Waals surface area contributed by atoms with Crippen molar-refractivity contribution in [3.8, 4) is 12.3 Å². The minimum absolute atomic E-state index is 0.201. The Balaban J connectivity index is 2.46. The number of rotatable bonds is 4. The van der Waals surface area contributed by atoms with E-state index in [1.165, 1.54) is 5.75 Å². The number of thioether (sulfide) groups is 2. The van der Waals surface area contributed by atoms with Crippen LogP contribution in [0.15, 0.2) is 0 Å². The van der Waals surface area contributed by atoms with Crippen LogP contribution in [0.5, 0.6) is 0 Å². The van der Waals surface area contributed by atoms with Gasteiger partial charge in [0.25, 0.3) is 0 Å². The number of Topliss-reactive ketones (excluding diaryl/α,β-unsaturated/α-hetero) is 1. The van der Waals surface area contributed by atoms with E-state index < -0.39 is 0 Å². The van der Waals surface area contributed by atoms with Gasteiger partial charge in [0, 0.05) is 29.6 Å². The monoisotopic (exact) mass is 228 g/mol. The summed E-state index contributed by atoms with van der Waals surface area (Å²) in [6, 6.07) is 0. The summed E-state index contributed by atoms with van der Waals surface area (Å²) in [5.74, 6) is 5.17. The van der Waals surface area contributed by atoms with Crippen LogP contribution in [-0.4, -0.2) is 27.8 Å². The molecule has 1 rings (SSSR count). The van der Waals surface area contributed by atoms with Gasteiger partial charge in [-0.05, 0) is 6.42 Å². The molecule has 0 bridgehead atoms. The van der Waals surface area contributed by atoms with Crippen molar-refractivity contribution in [2.24, 2.45) is 0 Å². The summed E-state index contributed by atoms with van der Waals surface area (Å²) in [7, 11) is 0.